The minimum atomic E-state index is -4.70. The zero-order chi connectivity index (χ0) is 28.3. The van der Waals surface area contributed by atoms with Gasteiger partial charge < -0.3 is 24.8 Å². The molecule has 1 aliphatic rings. The Balaban J connectivity index is 1.83. The van der Waals surface area contributed by atoms with Crippen LogP contribution in [0.3, 0.4) is 0 Å². The maximum Gasteiger partial charge on any atom is 0.422 e. The molecular weight excluding hydrogens is 565 g/mol. The predicted molar refractivity (Wildman–Crippen MR) is 131 cm³/mol. The van der Waals surface area contributed by atoms with Crippen LogP contribution in [0.2, 0.25) is 0 Å². The first-order chi connectivity index (χ1) is 17.7. The van der Waals surface area contributed by atoms with E-state index in [9.17, 15) is 35.5 Å². The van der Waals surface area contributed by atoms with Crippen LogP contribution >= 0.6 is 23.6 Å². The number of anilines is 2. The summed E-state index contributed by atoms with van der Waals surface area (Å²) < 4.78 is 104. The second-order valence-electron chi connectivity index (χ2n) is 8.57. The number of halogens is 7. The number of carbonyl (C=O) groups is 1. The lowest BCUT2D eigenvalue weighted by Gasteiger charge is -2.18. The average molecular weight is 589 g/mol. The van der Waals surface area contributed by atoms with Crippen molar-refractivity contribution in [3.05, 3.63) is 34.2 Å². The Morgan fingerprint density at radius 3 is 2.32 bits per heavy atom. The maximum absolute atomic E-state index is 13.3. The van der Waals surface area contributed by atoms with Crippen LogP contribution in [0.5, 0.6) is 11.5 Å². The molecule has 0 fully saturated rings. The molecule has 2 aromatic rings. The van der Waals surface area contributed by atoms with Crippen molar-refractivity contribution in [2.45, 2.75) is 44.7 Å². The van der Waals surface area contributed by atoms with E-state index in [-0.39, 0.29) is 10.8 Å². The maximum atomic E-state index is 13.3. The fourth-order valence-corrected chi connectivity index (χ4v) is 5.33. The Morgan fingerprint density at radius 1 is 1.11 bits per heavy atom. The molecule has 0 amide bonds. The van der Waals surface area contributed by atoms with E-state index in [4.69, 9.17) is 21.7 Å². The summed E-state index contributed by atoms with van der Waals surface area (Å²) >= 11 is 6.60. The van der Waals surface area contributed by atoms with E-state index in [0.29, 0.717) is 22.9 Å². The van der Waals surface area contributed by atoms with Crippen molar-refractivity contribution in [2.24, 2.45) is 5.92 Å². The van der Waals surface area contributed by atoms with Gasteiger partial charge in [-0.1, -0.05) is 6.92 Å². The first-order valence-corrected chi connectivity index (χ1v) is 12.3. The van der Waals surface area contributed by atoms with Gasteiger partial charge in [0.15, 0.2) is 18.3 Å². The molecular formula is C23H23F7N2O4S2. The van der Waals surface area contributed by atoms with Crippen LogP contribution in [0, 0.1) is 5.92 Å². The molecule has 6 nitrogen and oxygen atoms in total. The normalized spacial score (nSPS) is 15.6. The summed E-state index contributed by atoms with van der Waals surface area (Å²) in [4.78, 5) is 13.5. The van der Waals surface area contributed by atoms with E-state index in [2.05, 4.69) is 22.3 Å². The van der Waals surface area contributed by atoms with Crippen molar-refractivity contribution in [1.29, 1.82) is 0 Å². The van der Waals surface area contributed by atoms with Gasteiger partial charge in [-0.25, -0.2) is 13.6 Å². The van der Waals surface area contributed by atoms with E-state index in [1.807, 2.05) is 0 Å². The van der Waals surface area contributed by atoms with Crippen LogP contribution in [0.25, 0.3) is 0 Å². The molecule has 15 heteroatoms. The average Bonchev–Trinajstić information content (AvgIpc) is 3.16. The lowest BCUT2D eigenvalue weighted by molar-refractivity contribution is -0.153. The lowest BCUT2D eigenvalue weighted by Crippen LogP contribution is -2.33. The Bertz CT molecular complexity index is 1170. The molecule has 0 bridgehead atoms. The first kappa shape index (κ1) is 29.7. The summed E-state index contributed by atoms with van der Waals surface area (Å²) in [6.07, 6.45) is -6.40. The van der Waals surface area contributed by atoms with Gasteiger partial charge in [-0.3, -0.25) is 0 Å². The molecule has 210 valence electrons. The number of carbonyl (C=O) groups excluding carboxylic acids is 1. The van der Waals surface area contributed by atoms with Gasteiger partial charge in [0.1, 0.15) is 16.5 Å². The smallest absolute Gasteiger partial charge is 0.422 e. The SMILES string of the molecule is COC(=O)c1c(NC(=S)Nc2cc(OCC(F)(F)F)cc(OCC(F)(F)C(F)F)c2)sc2c1CCC(C)C2. The standard InChI is InChI=1S/C23H23F7N2O4S2/c1-11-3-4-15-16(5-11)38-18(17(15)19(33)34-2)32-21(37)31-12-6-13(35-9-22(26,27)20(24)25)8-14(7-12)36-10-23(28,29)30/h6-8,11,20H,3-5,9-10H2,1-2H3,(H2,31,32,37). The molecule has 0 radical (unpaired) electrons. The number of rotatable bonds is 9. The van der Waals surface area contributed by atoms with E-state index in [0.717, 1.165) is 41.5 Å². The Hall–Kier alpha value is -2.81. The molecule has 38 heavy (non-hydrogen) atoms. The molecule has 1 unspecified atom stereocenters. The molecule has 1 atom stereocenters. The van der Waals surface area contributed by atoms with Gasteiger partial charge in [0.05, 0.1) is 12.7 Å². The third kappa shape index (κ3) is 7.85. The molecule has 1 aliphatic carbocycles. The van der Waals surface area contributed by atoms with Gasteiger partial charge >= 0.3 is 24.5 Å². The number of thiocarbonyl (C=S) groups is 1. The number of ether oxygens (including phenoxy) is 3. The zero-order valence-electron chi connectivity index (χ0n) is 20.0. The highest BCUT2D eigenvalue weighted by Gasteiger charge is 2.41. The third-order valence-electron chi connectivity index (χ3n) is 5.42. The Morgan fingerprint density at radius 2 is 1.74 bits per heavy atom. The predicted octanol–water partition coefficient (Wildman–Crippen LogP) is 6.69. The van der Waals surface area contributed by atoms with E-state index in [1.165, 1.54) is 18.4 Å². The Kier molecular flexibility index (Phi) is 9.34. The molecule has 1 heterocycles. The quantitative estimate of drug-likeness (QED) is 0.192. The molecule has 1 aromatic carbocycles. The van der Waals surface area contributed by atoms with Crippen LogP contribution in [0.4, 0.5) is 41.4 Å². The van der Waals surface area contributed by atoms with Crippen molar-refractivity contribution in [1.82, 2.24) is 0 Å². The number of hydrogen-bond acceptors (Lipinski definition) is 6. The first-order valence-electron chi connectivity index (χ1n) is 11.1. The highest BCUT2D eigenvalue weighted by Crippen LogP contribution is 2.40. The molecule has 0 saturated carbocycles. The summed E-state index contributed by atoms with van der Waals surface area (Å²) in [5.41, 5.74) is 1.12. The second kappa shape index (κ2) is 11.9. The van der Waals surface area contributed by atoms with Gasteiger partial charge in [-0.05, 0) is 43.0 Å². The minimum absolute atomic E-state index is 0.0490. The van der Waals surface area contributed by atoms with Gasteiger partial charge in [0.25, 0.3) is 0 Å². The summed E-state index contributed by atoms with van der Waals surface area (Å²) in [6.45, 7) is -1.34. The molecule has 2 N–H and O–H groups in total. The van der Waals surface area contributed by atoms with Crippen LogP contribution in [-0.4, -0.2) is 49.9 Å². The minimum Gasteiger partial charge on any atom is -0.487 e. The fraction of sp³-hybridized carbons (Fsp3) is 0.478. The van der Waals surface area contributed by atoms with Crippen LogP contribution in [-0.2, 0) is 17.6 Å². The van der Waals surface area contributed by atoms with Crippen molar-refractivity contribution < 1.29 is 49.7 Å². The second-order valence-corrected chi connectivity index (χ2v) is 10.1. The van der Waals surface area contributed by atoms with E-state index in [1.54, 1.807) is 0 Å². The van der Waals surface area contributed by atoms with Crippen LogP contribution in [0.1, 0.15) is 34.1 Å². The Labute approximate surface area is 222 Å². The summed E-state index contributed by atoms with van der Waals surface area (Å²) in [6, 6.07) is 3.00. The number of hydrogen-bond donors (Lipinski definition) is 2. The van der Waals surface area contributed by atoms with Crippen LogP contribution < -0.4 is 20.1 Å². The van der Waals surface area contributed by atoms with Gasteiger partial charge in [-0.2, -0.15) is 22.0 Å². The van der Waals surface area contributed by atoms with Crippen molar-refractivity contribution in [2.75, 3.05) is 31.0 Å². The lowest BCUT2D eigenvalue weighted by atomic mass is 9.88. The largest absolute Gasteiger partial charge is 0.487 e. The third-order valence-corrected chi connectivity index (χ3v) is 6.79. The topological polar surface area (TPSA) is 68.8 Å². The number of fused-ring (bicyclic) bond motifs is 1. The molecule has 1 aromatic heterocycles. The molecule has 0 aliphatic heterocycles. The highest BCUT2D eigenvalue weighted by atomic mass is 32.1. The number of nitrogens with one attached hydrogen (secondary N) is 2. The summed E-state index contributed by atoms with van der Waals surface area (Å²) in [5, 5.41) is 5.83. The highest BCUT2D eigenvalue weighted by molar-refractivity contribution is 7.80. The number of alkyl halides is 7. The molecule has 0 saturated heterocycles. The monoisotopic (exact) mass is 588 g/mol. The molecule has 3 rings (SSSR count). The fourth-order valence-electron chi connectivity index (χ4n) is 3.64. The summed E-state index contributed by atoms with van der Waals surface area (Å²) in [7, 11) is 1.24. The van der Waals surface area contributed by atoms with Gasteiger partial charge in [0, 0.05) is 28.8 Å². The van der Waals surface area contributed by atoms with Crippen molar-refractivity contribution >= 4 is 45.3 Å². The van der Waals surface area contributed by atoms with E-state index >= 15 is 0 Å². The van der Waals surface area contributed by atoms with Gasteiger partial charge in [-0.15, -0.1) is 11.3 Å². The summed E-state index contributed by atoms with van der Waals surface area (Å²) in [5.74, 6) is -5.55. The number of methoxy groups -OCH3 is 1. The van der Waals surface area contributed by atoms with Crippen molar-refractivity contribution in [3.63, 3.8) is 0 Å². The van der Waals surface area contributed by atoms with Gasteiger partial charge in [0.2, 0.25) is 0 Å². The van der Waals surface area contributed by atoms with Crippen LogP contribution in [0.15, 0.2) is 18.2 Å². The zero-order valence-corrected chi connectivity index (χ0v) is 21.7. The number of thiophene rings is 1. The number of esters is 1. The van der Waals surface area contributed by atoms with Crippen molar-refractivity contribution in [3.8, 4) is 11.5 Å². The van der Waals surface area contributed by atoms with E-state index < -0.39 is 49.2 Å². The molecule has 0 spiro atoms. The number of benzene rings is 1.